The molecule has 13 heteroatoms. The van der Waals surface area contributed by atoms with Crippen LogP contribution in [0.2, 0.25) is 0 Å². The van der Waals surface area contributed by atoms with E-state index < -0.39 is 52.2 Å². The maximum atomic E-state index is 13.8. The van der Waals surface area contributed by atoms with Crippen LogP contribution < -0.4 is 15.4 Å². The Morgan fingerprint density at radius 2 is 1.75 bits per heavy atom. The van der Waals surface area contributed by atoms with Gasteiger partial charge in [-0.3, -0.25) is 24.0 Å². The molecule has 1 amide bonds. The summed E-state index contributed by atoms with van der Waals surface area (Å²) in [6, 6.07) is -1.19. The lowest BCUT2D eigenvalue weighted by atomic mass is 9.70. The number of ketones is 3. The summed E-state index contributed by atoms with van der Waals surface area (Å²) in [6.07, 6.45) is 1.50. The largest absolute Gasteiger partial charge is 0.507 e. The molecular formula is C27H30N2O10S. The van der Waals surface area contributed by atoms with Crippen LogP contribution in [-0.2, 0) is 29.4 Å². The van der Waals surface area contributed by atoms with Crippen LogP contribution >= 0.6 is 11.8 Å². The van der Waals surface area contributed by atoms with Crippen molar-refractivity contribution in [2.45, 2.75) is 58.9 Å². The first-order valence-corrected chi connectivity index (χ1v) is 13.3. The van der Waals surface area contributed by atoms with Gasteiger partial charge in [0.15, 0.2) is 22.5 Å². The Bertz CT molecular complexity index is 1410. The van der Waals surface area contributed by atoms with E-state index in [1.807, 2.05) is 0 Å². The molecule has 40 heavy (non-hydrogen) atoms. The Morgan fingerprint density at radius 1 is 1.10 bits per heavy atom. The van der Waals surface area contributed by atoms with Crippen molar-refractivity contribution in [3.05, 3.63) is 39.8 Å². The van der Waals surface area contributed by atoms with Gasteiger partial charge >= 0.3 is 5.97 Å². The summed E-state index contributed by atoms with van der Waals surface area (Å²) in [7, 11) is 0. The number of carbonyl (C=O) groups excluding carboxylic acids is 5. The number of fused-ring (bicyclic) bond motifs is 3. The van der Waals surface area contributed by atoms with Crippen LogP contribution in [-0.4, -0.2) is 68.0 Å². The number of thioether (sulfide) groups is 1. The van der Waals surface area contributed by atoms with Gasteiger partial charge in [-0.15, -0.1) is 0 Å². The number of aliphatic carboxylic acids is 1. The van der Waals surface area contributed by atoms with Gasteiger partial charge in [-0.25, -0.2) is 4.79 Å². The highest BCUT2D eigenvalue weighted by Crippen LogP contribution is 2.57. The number of aromatic hydroxyl groups is 2. The molecule has 3 rings (SSSR count). The SMILES string of the molecule is CC(=O)N[C@@H](CSC(=O)CCCN/C(C)=C1\C(=O)C=C2Oc3c(C(C)=O)c(O)c(C)c(O)c3[C@@]2(C)C1=O)C(=O)O. The molecule has 0 spiro atoms. The number of Topliss-reactive ketones (excluding diaryl/α,β-unsaturated/α-hetero) is 2. The predicted molar refractivity (Wildman–Crippen MR) is 143 cm³/mol. The van der Waals surface area contributed by atoms with Gasteiger partial charge in [-0.1, -0.05) is 11.8 Å². The Kier molecular flexibility index (Phi) is 8.78. The summed E-state index contributed by atoms with van der Waals surface area (Å²) in [5, 5.41) is 35.4. The van der Waals surface area contributed by atoms with Gasteiger partial charge < -0.3 is 30.7 Å². The molecule has 12 nitrogen and oxygen atoms in total. The minimum Gasteiger partial charge on any atom is -0.507 e. The number of phenols is 2. The number of benzene rings is 1. The van der Waals surface area contributed by atoms with E-state index in [0.717, 1.165) is 17.8 Å². The molecule has 0 aromatic heterocycles. The van der Waals surface area contributed by atoms with Crippen LogP contribution in [0.1, 0.15) is 62.0 Å². The average molecular weight is 575 g/mol. The molecule has 2 atom stereocenters. The summed E-state index contributed by atoms with van der Waals surface area (Å²) in [5.74, 6) is -4.90. The highest BCUT2D eigenvalue weighted by Gasteiger charge is 2.56. The molecule has 1 heterocycles. The third-order valence-electron chi connectivity index (χ3n) is 6.79. The number of carboxylic acids is 1. The normalized spacial score (nSPS) is 19.6. The summed E-state index contributed by atoms with van der Waals surface area (Å²) in [4.78, 5) is 73.5. The van der Waals surface area contributed by atoms with Crippen LogP contribution in [0.15, 0.2) is 23.1 Å². The predicted octanol–water partition coefficient (Wildman–Crippen LogP) is 1.79. The fourth-order valence-corrected chi connectivity index (χ4v) is 5.50. The number of rotatable bonds is 10. The van der Waals surface area contributed by atoms with Gasteiger partial charge in [-0.2, -0.15) is 0 Å². The van der Waals surface area contributed by atoms with Crippen LogP contribution in [0.25, 0.3) is 0 Å². The maximum absolute atomic E-state index is 13.8. The summed E-state index contributed by atoms with van der Waals surface area (Å²) in [6.45, 7) is 6.98. The van der Waals surface area contributed by atoms with Crippen molar-refractivity contribution in [1.29, 1.82) is 0 Å². The van der Waals surface area contributed by atoms with E-state index in [4.69, 9.17) is 9.84 Å². The van der Waals surface area contributed by atoms with E-state index in [2.05, 4.69) is 10.6 Å². The minimum atomic E-state index is -1.63. The number of hydrogen-bond donors (Lipinski definition) is 5. The van der Waals surface area contributed by atoms with Crippen molar-refractivity contribution in [2.24, 2.45) is 0 Å². The lowest BCUT2D eigenvalue weighted by Crippen LogP contribution is -2.41. The fourth-order valence-electron chi connectivity index (χ4n) is 4.63. The smallest absolute Gasteiger partial charge is 0.327 e. The molecule has 2 aliphatic rings. The number of amides is 1. The van der Waals surface area contributed by atoms with Crippen molar-refractivity contribution >= 4 is 46.1 Å². The number of nitrogens with one attached hydrogen (secondary N) is 2. The first kappa shape index (κ1) is 30.4. The van der Waals surface area contributed by atoms with Gasteiger partial charge in [0.25, 0.3) is 0 Å². The zero-order valence-corrected chi connectivity index (χ0v) is 23.4. The van der Waals surface area contributed by atoms with Crippen molar-refractivity contribution in [2.75, 3.05) is 12.3 Å². The second kappa shape index (κ2) is 11.5. The number of phenolic OH excluding ortho intramolecular Hbond substituents is 2. The molecule has 1 aromatic carbocycles. The second-order valence-electron chi connectivity index (χ2n) is 9.69. The quantitative estimate of drug-likeness (QED) is 0.118. The number of hydrogen-bond acceptors (Lipinski definition) is 11. The van der Waals surface area contributed by atoms with Crippen LogP contribution in [0.5, 0.6) is 17.2 Å². The van der Waals surface area contributed by atoms with Crippen LogP contribution in [0.3, 0.4) is 0 Å². The van der Waals surface area contributed by atoms with Gasteiger partial charge in [0.2, 0.25) is 5.91 Å². The van der Waals surface area contributed by atoms with Crippen molar-refractivity contribution in [3.8, 4) is 17.2 Å². The third-order valence-corrected chi connectivity index (χ3v) is 7.82. The Balaban J connectivity index is 1.75. The lowest BCUT2D eigenvalue weighted by molar-refractivity contribution is -0.140. The molecule has 1 aliphatic carbocycles. The molecule has 0 fully saturated rings. The first-order valence-electron chi connectivity index (χ1n) is 12.3. The molecular weight excluding hydrogens is 544 g/mol. The third kappa shape index (κ3) is 5.46. The monoisotopic (exact) mass is 574 g/mol. The van der Waals surface area contributed by atoms with Gasteiger partial charge in [0.05, 0.1) is 11.1 Å². The van der Waals surface area contributed by atoms with E-state index in [1.54, 1.807) is 0 Å². The van der Waals surface area contributed by atoms with Gasteiger partial charge in [-0.05, 0) is 34.1 Å². The summed E-state index contributed by atoms with van der Waals surface area (Å²) in [5.41, 5.74) is -1.79. The topological polar surface area (TPSA) is 196 Å². The molecule has 5 N–H and O–H groups in total. The molecule has 214 valence electrons. The van der Waals surface area contributed by atoms with E-state index in [1.165, 1.54) is 34.6 Å². The molecule has 0 saturated heterocycles. The fraction of sp³-hybridized carbons (Fsp3) is 0.407. The van der Waals surface area contributed by atoms with Crippen molar-refractivity contribution < 1.29 is 48.8 Å². The number of ether oxygens (including phenoxy) is 1. The maximum Gasteiger partial charge on any atom is 0.327 e. The first-order chi connectivity index (χ1) is 18.6. The highest BCUT2D eigenvalue weighted by atomic mass is 32.2. The average Bonchev–Trinajstić information content (AvgIpc) is 3.15. The Morgan fingerprint density at radius 3 is 2.33 bits per heavy atom. The van der Waals surface area contributed by atoms with E-state index >= 15 is 0 Å². The van der Waals surface area contributed by atoms with Crippen molar-refractivity contribution in [3.63, 3.8) is 0 Å². The zero-order valence-electron chi connectivity index (χ0n) is 22.6. The highest BCUT2D eigenvalue weighted by molar-refractivity contribution is 8.13. The standard InChI is InChI=1S/C27H30N2O10S/c1-11-22(34)20(13(3)30)24-21(23(11)35)27(5)17(39-24)9-16(32)19(25(27)36)12(2)28-8-6-7-18(33)40-10-15(26(37)38)29-14(4)31/h9,15,28,34-35H,6-8,10H2,1-5H3,(H,29,31)(H,37,38)/b19-12+/t15-,27-/m0/s1. The summed E-state index contributed by atoms with van der Waals surface area (Å²) < 4.78 is 5.73. The molecule has 1 aromatic rings. The summed E-state index contributed by atoms with van der Waals surface area (Å²) >= 11 is 0.783. The van der Waals surface area contributed by atoms with Gasteiger partial charge in [0.1, 0.15) is 40.0 Å². The van der Waals surface area contributed by atoms with E-state index in [0.29, 0.717) is 6.42 Å². The Labute approximate surface area is 233 Å². The molecule has 0 saturated carbocycles. The van der Waals surface area contributed by atoms with Crippen LogP contribution in [0.4, 0.5) is 0 Å². The molecule has 1 aliphatic heterocycles. The number of allylic oxidation sites excluding steroid dienone is 4. The Hall–Kier alpha value is -4.13. The number of carboxylic acid groups (broad SMARTS) is 1. The van der Waals surface area contributed by atoms with Crippen molar-refractivity contribution in [1.82, 2.24) is 10.6 Å². The van der Waals surface area contributed by atoms with Crippen LogP contribution in [0, 0.1) is 6.92 Å². The minimum absolute atomic E-state index is 0.00520. The second-order valence-corrected chi connectivity index (χ2v) is 10.8. The van der Waals surface area contributed by atoms with E-state index in [9.17, 15) is 39.0 Å². The molecule has 0 bridgehead atoms. The number of carbonyl (C=O) groups is 6. The zero-order chi connectivity index (χ0) is 30.1. The van der Waals surface area contributed by atoms with E-state index in [-0.39, 0.29) is 63.3 Å². The van der Waals surface area contributed by atoms with Gasteiger partial charge in [0, 0.05) is 43.0 Å². The molecule has 0 radical (unpaired) electrons. The lowest BCUT2D eigenvalue weighted by Gasteiger charge is -2.29. The molecule has 0 unspecified atom stereocenters.